The van der Waals surface area contributed by atoms with Crippen molar-refractivity contribution in [3.8, 4) is 0 Å². The standard InChI is InChI=1S/C24H18Cl2N8O/c1-35-20(13-2-3-18-14(5-13)6-15(25)9-27-18)24-33-19-22(31-11-32-23(19)34-24)29-8-12-4-16-17(26)10-30-21(16)28-7-12/h2-7,9-11,20H,8H2,1H3,(H,28,30)(H2,29,31,32,33,34). The molecule has 0 saturated heterocycles. The summed E-state index contributed by atoms with van der Waals surface area (Å²) in [5.41, 5.74) is 4.69. The molecule has 5 heterocycles. The van der Waals surface area contributed by atoms with Crippen LogP contribution in [-0.2, 0) is 11.3 Å². The summed E-state index contributed by atoms with van der Waals surface area (Å²) in [5.74, 6) is 1.24. The first-order valence-corrected chi connectivity index (χ1v) is 11.5. The first-order chi connectivity index (χ1) is 17.1. The van der Waals surface area contributed by atoms with Crippen molar-refractivity contribution in [1.82, 2.24) is 34.9 Å². The van der Waals surface area contributed by atoms with Crippen molar-refractivity contribution in [2.75, 3.05) is 12.4 Å². The van der Waals surface area contributed by atoms with Gasteiger partial charge in [0, 0.05) is 43.0 Å². The highest BCUT2D eigenvalue weighted by atomic mass is 35.5. The number of halogens is 2. The fourth-order valence-electron chi connectivity index (χ4n) is 4.09. The molecule has 174 valence electrons. The zero-order valence-corrected chi connectivity index (χ0v) is 19.9. The SMILES string of the molecule is COC(c1ccc2ncc(Cl)cc2c1)c1nc2ncnc(NCc3cnc4[nH]cc(Cl)c4c3)c2[nH]1. The number of anilines is 1. The molecule has 0 amide bonds. The number of ether oxygens (including phenoxy) is 1. The van der Waals surface area contributed by atoms with Gasteiger partial charge in [-0.2, -0.15) is 0 Å². The summed E-state index contributed by atoms with van der Waals surface area (Å²) >= 11 is 12.4. The van der Waals surface area contributed by atoms with Gasteiger partial charge in [0.05, 0.1) is 15.6 Å². The third kappa shape index (κ3) is 4.03. The number of hydrogen-bond acceptors (Lipinski definition) is 7. The van der Waals surface area contributed by atoms with Gasteiger partial charge in [0.2, 0.25) is 0 Å². The van der Waals surface area contributed by atoms with Crippen molar-refractivity contribution in [2.45, 2.75) is 12.6 Å². The van der Waals surface area contributed by atoms with E-state index in [0.717, 1.165) is 33.1 Å². The van der Waals surface area contributed by atoms with Crippen LogP contribution in [0.1, 0.15) is 23.1 Å². The van der Waals surface area contributed by atoms with Gasteiger partial charge in [0.15, 0.2) is 11.5 Å². The molecule has 0 fully saturated rings. The van der Waals surface area contributed by atoms with Crippen LogP contribution in [-0.4, -0.2) is 42.0 Å². The number of benzene rings is 1. The van der Waals surface area contributed by atoms with Crippen molar-refractivity contribution in [2.24, 2.45) is 0 Å². The highest BCUT2D eigenvalue weighted by molar-refractivity contribution is 6.35. The zero-order valence-electron chi connectivity index (χ0n) is 18.4. The number of pyridine rings is 2. The van der Waals surface area contributed by atoms with E-state index < -0.39 is 6.10 Å². The molecule has 0 bridgehead atoms. The number of aromatic nitrogens is 7. The van der Waals surface area contributed by atoms with Crippen LogP contribution in [0.3, 0.4) is 0 Å². The zero-order chi connectivity index (χ0) is 23.9. The number of methoxy groups -OCH3 is 1. The van der Waals surface area contributed by atoms with E-state index in [-0.39, 0.29) is 0 Å². The van der Waals surface area contributed by atoms with Crippen LogP contribution in [0.25, 0.3) is 33.1 Å². The number of fused-ring (bicyclic) bond motifs is 3. The Morgan fingerprint density at radius 3 is 2.86 bits per heavy atom. The normalized spacial score (nSPS) is 12.5. The number of aromatic amines is 2. The van der Waals surface area contributed by atoms with Crippen LogP contribution in [0.15, 0.2) is 55.2 Å². The average Bonchev–Trinajstić information content (AvgIpc) is 3.46. The maximum Gasteiger partial charge on any atom is 0.183 e. The lowest BCUT2D eigenvalue weighted by molar-refractivity contribution is 0.130. The molecule has 0 aliphatic rings. The topological polar surface area (TPSA) is 117 Å². The monoisotopic (exact) mass is 504 g/mol. The Labute approximate surface area is 208 Å². The summed E-state index contributed by atoms with van der Waals surface area (Å²) in [6.07, 6.45) is 6.18. The molecule has 35 heavy (non-hydrogen) atoms. The van der Waals surface area contributed by atoms with Gasteiger partial charge in [-0.1, -0.05) is 29.3 Å². The second kappa shape index (κ2) is 8.77. The minimum Gasteiger partial charge on any atom is -0.369 e. The van der Waals surface area contributed by atoms with Gasteiger partial charge in [0.1, 0.15) is 29.4 Å². The van der Waals surface area contributed by atoms with Gasteiger partial charge >= 0.3 is 0 Å². The van der Waals surface area contributed by atoms with Gasteiger partial charge in [-0.3, -0.25) is 4.98 Å². The fourth-order valence-corrected chi connectivity index (χ4v) is 4.46. The number of rotatable bonds is 6. The second-order valence-corrected chi connectivity index (χ2v) is 8.84. The molecule has 0 aliphatic heterocycles. The molecule has 3 N–H and O–H groups in total. The van der Waals surface area contributed by atoms with Crippen molar-refractivity contribution >= 4 is 62.1 Å². The van der Waals surface area contributed by atoms with Gasteiger partial charge in [-0.15, -0.1) is 0 Å². The Hall–Kier alpha value is -3.79. The smallest absolute Gasteiger partial charge is 0.183 e. The Balaban J connectivity index is 1.31. The number of nitrogens with zero attached hydrogens (tertiary/aromatic N) is 5. The van der Waals surface area contributed by atoms with E-state index >= 15 is 0 Å². The van der Waals surface area contributed by atoms with Crippen molar-refractivity contribution in [1.29, 1.82) is 0 Å². The van der Waals surface area contributed by atoms with Crippen molar-refractivity contribution in [3.05, 3.63) is 82.2 Å². The predicted octanol–water partition coefficient (Wildman–Crippen LogP) is 5.43. The first-order valence-electron chi connectivity index (χ1n) is 10.7. The predicted molar refractivity (Wildman–Crippen MR) is 136 cm³/mol. The molecule has 0 spiro atoms. The van der Waals surface area contributed by atoms with Crippen LogP contribution in [0.2, 0.25) is 10.0 Å². The van der Waals surface area contributed by atoms with Gasteiger partial charge in [-0.05, 0) is 35.4 Å². The number of imidazole rings is 1. The van der Waals surface area contributed by atoms with Crippen LogP contribution in [0, 0.1) is 0 Å². The van der Waals surface area contributed by atoms with Crippen molar-refractivity contribution < 1.29 is 4.74 Å². The molecular weight excluding hydrogens is 487 g/mol. The fraction of sp³-hybridized carbons (Fsp3) is 0.125. The first kappa shape index (κ1) is 21.7. The highest BCUT2D eigenvalue weighted by Crippen LogP contribution is 2.29. The summed E-state index contributed by atoms with van der Waals surface area (Å²) in [5, 5.41) is 6.34. The third-order valence-electron chi connectivity index (χ3n) is 5.76. The average molecular weight is 505 g/mol. The Morgan fingerprint density at radius 1 is 1.06 bits per heavy atom. The van der Waals surface area contributed by atoms with E-state index in [1.807, 2.05) is 30.3 Å². The maximum atomic E-state index is 6.23. The third-order valence-corrected chi connectivity index (χ3v) is 6.28. The number of nitrogens with one attached hydrogen (secondary N) is 3. The Kier molecular flexibility index (Phi) is 5.44. The second-order valence-electron chi connectivity index (χ2n) is 7.99. The van der Waals surface area contributed by atoms with Crippen LogP contribution < -0.4 is 5.32 Å². The Morgan fingerprint density at radius 2 is 1.97 bits per heavy atom. The molecule has 5 aromatic heterocycles. The number of hydrogen-bond donors (Lipinski definition) is 3. The molecule has 0 saturated carbocycles. The summed E-state index contributed by atoms with van der Waals surface area (Å²) in [4.78, 5) is 28.5. The summed E-state index contributed by atoms with van der Waals surface area (Å²) < 4.78 is 5.81. The lowest BCUT2D eigenvalue weighted by Crippen LogP contribution is -2.06. The molecular formula is C24H18Cl2N8O. The van der Waals surface area contributed by atoms with E-state index in [1.54, 1.807) is 25.7 Å². The van der Waals surface area contributed by atoms with Gasteiger partial charge in [0.25, 0.3) is 0 Å². The molecule has 6 rings (SSSR count). The van der Waals surface area contributed by atoms with E-state index in [4.69, 9.17) is 27.9 Å². The molecule has 9 nitrogen and oxygen atoms in total. The largest absolute Gasteiger partial charge is 0.369 e. The van der Waals surface area contributed by atoms with Crippen molar-refractivity contribution in [3.63, 3.8) is 0 Å². The van der Waals surface area contributed by atoms with E-state index in [2.05, 4.69) is 40.2 Å². The highest BCUT2D eigenvalue weighted by Gasteiger charge is 2.20. The molecule has 1 atom stereocenters. The minimum atomic E-state index is -0.442. The van der Waals surface area contributed by atoms with E-state index in [9.17, 15) is 0 Å². The minimum absolute atomic E-state index is 0.442. The molecule has 1 aromatic carbocycles. The lowest BCUT2D eigenvalue weighted by atomic mass is 10.1. The summed E-state index contributed by atoms with van der Waals surface area (Å²) in [6, 6.07) is 9.76. The summed E-state index contributed by atoms with van der Waals surface area (Å²) in [6.45, 7) is 0.497. The quantitative estimate of drug-likeness (QED) is 0.276. The van der Waals surface area contributed by atoms with E-state index in [1.165, 1.54) is 6.33 Å². The summed E-state index contributed by atoms with van der Waals surface area (Å²) in [7, 11) is 1.64. The molecule has 11 heteroatoms. The molecule has 0 radical (unpaired) electrons. The number of H-pyrrole nitrogens is 2. The van der Waals surface area contributed by atoms with Crippen LogP contribution in [0.5, 0.6) is 0 Å². The molecule has 1 unspecified atom stereocenters. The van der Waals surface area contributed by atoms with Gasteiger partial charge < -0.3 is 20.0 Å². The van der Waals surface area contributed by atoms with E-state index in [0.29, 0.717) is 39.4 Å². The lowest BCUT2D eigenvalue weighted by Gasteiger charge is -2.14. The van der Waals surface area contributed by atoms with Gasteiger partial charge in [-0.25, -0.2) is 19.9 Å². The Bertz CT molecular complexity index is 1700. The van der Waals surface area contributed by atoms with Crippen LogP contribution >= 0.6 is 23.2 Å². The maximum absolute atomic E-state index is 6.23. The van der Waals surface area contributed by atoms with Crippen LogP contribution in [0.4, 0.5) is 5.82 Å². The molecule has 6 aromatic rings. The molecule has 0 aliphatic carbocycles.